The van der Waals surface area contributed by atoms with Crippen molar-refractivity contribution in [2.45, 2.75) is 52.4 Å². The Morgan fingerprint density at radius 1 is 0.660 bits per heavy atom. The molecule has 4 aromatic carbocycles. The largest absolute Gasteiger partial charge is 2.00 e. The van der Waals surface area contributed by atoms with Crippen LogP contribution in [0.25, 0.3) is 71.9 Å². The minimum absolute atomic E-state index is 0. The van der Waals surface area contributed by atoms with Crippen LogP contribution in [0.4, 0.5) is 0 Å². The first-order valence-corrected chi connectivity index (χ1v) is 15.8. The van der Waals surface area contributed by atoms with E-state index in [-0.39, 0.29) is 31.9 Å². The molecule has 4 aromatic heterocycles. The van der Waals surface area contributed by atoms with Gasteiger partial charge < -0.3 is 8.98 Å². The molecule has 0 saturated heterocycles. The summed E-state index contributed by atoms with van der Waals surface area (Å²) < 4.78 is 8.62. The molecule has 234 valence electrons. The quantitative estimate of drug-likeness (QED) is 0.167. The summed E-state index contributed by atoms with van der Waals surface area (Å²) in [6, 6.07) is 39.5. The van der Waals surface area contributed by atoms with Gasteiger partial charge >= 0.3 is 21.1 Å². The van der Waals surface area contributed by atoms with Crippen LogP contribution in [0, 0.1) is 12.1 Å². The van der Waals surface area contributed by atoms with Crippen LogP contribution in [0.1, 0.15) is 52.7 Å². The van der Waals surface area contributed by atoms with Crippen LogP contribution in [0.2, 0.25) is 0 Å². The van der Waals surface area contributed by atoms with E-state index >= 15 is 0 Å². The molecular weight excluding hydrogens is 758 g/mol. The van der Waals surface area contributed by atoms with Gasteiger partial charge in [0.15, 0.2) is 0 Å². The van der Waals surface area contributed by atoms with Crippen molar-refractivity contribution >= 4 is 43.9 Å². The first-order chi connectivity index (χ1) is 22.1. The first-order valence-electron chi connectivity index (χ1n) is 15.8. The van der Waals surface area contributed by atoms with Crippen LogP contribution in [0.3, 0.4) is 0 Å². The number of pyridine rings is 2. The topological polar surface area (TPSA) is 43.9 Å². The molecule has 8 aromatic rings. The molecule has 0 N–H and O–H groups in total. The van der Waals surface area contributed by atoms with Crippen LogP contribution in [0.5, 0.6) is 0 Å². The molecule has 0 amide bonds. The van der Waals surface area contributed by atoms with Gasteiger partial charge in [0.25, 0.3) is 0 Å². The molecule has 0 fully saturated rings. The average Bonchev–Trinajstić information content (AvgIpc) is 3.59. The molecule has 0 aliphatic heterocycles. The van der Waals surface area contributed by atoms with E-state index in [1.165, 1.54) is 10.9 Å². The van der Waals surface area contributed by atoms with Gasteiger partial charge in [-0.05, 0) is 57.1 Å². The second-order valence-electron chi connectivity index (χ2n) is 14.2. The van der Waals surface area contributed by atoms with Gasteiger partial charge in [-0.3, -0.25) is 4.98 Å². The van der Waals surface area contributed by atoms with E-state index in [2.05, 4.69) is 143 Å². The Morgan fingerprint density at radius 2 is 1.34 bits per heavy atom. The van der Waals surface area contributed by atoms with Crippen molar-refractivity contribution in [2.24, 2.45) is 0 Å². The molecule has 0 aliphatic carbocycles. The monoisotopic (exact) mass is 792 g/mol. The fourth-order valence-electron chi connectivity index (χ4n) is 6.58. The second kappa shape index (κ2) is 11.3. The Balaban J connectivity index is 0.00000351. The van der Waals surface area contributed by atoms with Gasteiger partial charge in [-0.2, -0.15) is 0 Å². The van der Waals surface area contributed by atoms with Crippen molar-refractivity contribution in [3.8, 4) is 28.1 Å². The number of hydrogen-bond acceptors (Lipinski definition) is 3. The smallest absolute Gasteiger partial charge is 0.498 e. The molecule has 0 saturated carbocycles. The van der Waals surface area contributed by atoms with Gasteiger partial charge in [0.05, 0.1) is 11.1 Å². The normalized spacial score (nSPS) is 12.3. The van der Waals surface area contributed by atoms with Crippen molar-refractivity contribution in [2.75, 3.05) is 0 Å². The molecule has 4 heterocycles. The second-order valence-corrected chi connectivity index (χ2v) is 14.2. The maximum absolute atomic E-state index is 6.37. The Labute approximate surface area is 289 Å². The standard InChI is InChI=1S/C42H35N3O.Pt/c1-41(2,3)28-19-21-43-38(25-28)45-35-14-10-9-13-31(35)32-17-15-27(24-36(32)45)30-12-8-7-11-29(30)26-16-18-37-33(23-26)39-40(46-37)34(20-22-44-39)42(4,5)6;/h7-22,25H,1-6H3;/q-2;+2. The third-order valence-corrected chi connectivity index (χ3v) is 9.00. The van der Waals surface area contributed by atoms with Crippen LogP contribution in [-0.4, -0.2) is 14.5 Å². The number of benzene rings is 4. The number of hydrogen-bond donors (Lipinski definition) is 0. The SMILES string of the molecule is CC(C)(C)c1ccnc(-n2c3[c-]c(-c4ccccc4-c4[c-]c5c(cc4)oc4c(C(C)(C)C)ccnc45)ccc3c3ccccc32)c1.[Pt+2]. The maximum Gasteiger partial charge on any atom is 2.00 e. The summed E-state index contributed by atoms with van der Waals surface area (Å²) in [4.78, 5) is 9.59. The summed E-state index contributed by atoms with van der Waals surface area (Å²) in [5.74, 6) is 0.896. The number of fused-ring (bicyclic) bond motifs is 6. The summed E-state index contributed by atoms with van der Waals surface area (Å²) >= 11 is 0. The first kappa shape index (κ1) is 31.1. The van der Waals surface area contributed by atoms with Crippen LogP contribution in [0.15, 0.2) is 108 Å². The van der Waals surface area contributed by atoms with Gasteiger partial charge in [-0.25, -0.2) is 4.98 Å². The number of nitrogens with zero attached hydrogens (tertiary/aromatic N) is 3. The van der Waals surface area contributed by atoms with E-state index in [0.29, 0.717) is 0 Å². The Hall–Kier alpha value is -4.53. The van der Waals surface area contributed by atoms with Gasteiger partial charge in [-0.15, -0.1) is 58.7 Å². The van der Waals surface area contributed by atoms with Crippen molar-refractivity contribution in [3.63, 3.8) is 0 Å². The summed E-state index contributed by atoms with van der Waals surface area (Å²) in [5.41, 5.74) is 11.1. The fourth-order valence-corrected chi connectivity index (χ4v) is 6.58. The minimum atomic E-state index is -0.0645. The van der Waals surface area contributed by atoms with Crippen molar-refractivity contribution in [1.82, 2.24) is 14.5 Å². The maximum atomic E-state index is 6.37. The number of aromatic nitrogens is 3. The third-order valence-electron chi connectivity index (χ3n) is 9.00. The number of para-hydroxylation sites is 1. The third kappa shape index (κ3) is 5.20. The minimum Gasteiger partial charge on any atom is -0.498 e. The van der Waals surface area contributed by atoms with E-state index in [9.17, 15) is 0 Å². The van der Waals surface area contributed by atoms with E-state index < -0.39 is 0 Å². The molecule has 8 rings (SSSR count). The van der Waals surface area contributed by atoms with E-state index in [4.69, 9.17) is 14.4 Å². The molecule has 5 heteroatoms. The van der Waals surface area contributed by atoms with Crippen LogP contribution in [-0.2, 0) is 31.9 Å². The average molecular weight is 793 g/mol. The molecular formula is C42H35N3OPt. The molecule has 0 radical (unpaired) electrons. The van der Waals surface area contributed by atoms with E-state index in [1.54, 1.807) is 0 Å². The summed E-state index contributed by atoms with van der Waals surface area (Å²) in [6.45, 7) is 13.3. The van der Waals surface area contributed by atoms with Crippen LogP contribution >= 0.6 is 0 Å². The van der Waals surface area contributed by atoms with Crippen molar-refractivity contribution in [1.29, 1.82) is 0 Å². The van der Waals surface area contributed by atoms with E-state index in [0.717, 1.165) is 72.1 Å². The molecule has 0 aliphatic rings. The summed E-state index contributed by atoms with van der Waals surface area (Å²) in [7, 11) is 0. The molecule has 4 nitrogen and oxygen atoms in total. The van der Waals surface area contributed by atoms with E-state index in [1.807, 2.05) is 18.5 Å². The number of rotatable bonds is 3. The molecule has 0 atom stereocenters. The predicted octanol–water partition coefficient (Wildman–Crippen LogP) is 11.0. The summed E-state index contributed by atoms with van der Waals surface area (Å²) in [5, 5.41) is 3.24. The molecule has 0 bridgehead atoms. The fraction of sp³-hybridized carbons (Fsp3) is 0.190. The zero-order valence-electron chi connectivity index (χ0n) is 27.4. The van der Waals surface area contributed by atoms with Crippen molar-refractivity contribution in [3.05, 3.63) is 127 Å². The zero-order valence-corrected chi connectivity index (χ0v) is 29.7. The van der Waals surface area contributed by atoms with Gasteiger partial charge in [0, 0.05) is 17.9 Å². The number of furan rings is 1. The Bertz CT molecular complexity index is 2450. The van der Waals surface area contributed by atoms with Gasteiger partial charge in [0.1, 0.15) is 11.4 Å². The van der Waals surface area contributed by atoms with Crippen LogP contribution < -0.4 is 0 Å². The van der Waals surface area contributed by atoms with Crippen molar-refractivity contribution < 1.29 is 25.5 Å². The molecule has 0 spiro atoms. The van der Waals surface area contributed by atoms with Gasteiger partial charge in [0.2, 0.25) is 0 Å². The molecule has 47 heavy (non-hydrogen) atoms. The van der Waals surface area contributed by atoms with Gasteiger partial charge in [-0.1, -0.05) is 94.8 Å². The molecule has 0 unspecified atom stereocenters. The zero-order chi connectivity index (χ0) is 31.8. The predicted molar refractivity (Wildman–Crippen MR) is 190 cm³/mol. The Kier molecular flexibility index (Phi) is 7.48. The summed E-state index contributed by atoms with van der Waals surface area (Å²) in [6.07, 6.45) is 3.79. The Morgan fingerprint density at radius 3 is 2.09 bits per heavy atom.